The van der Waals surface area contributed by atoms with Crippen LogP contribution in [0.2, 0.25) is 0 Å². The summed E-state index contributed by atoms with van der Waals surface area (Å²) in [5.41, 5.74) is 2.27. The number of hydrogen-bond donors (Lipinski definition) is 2. The largest absolute Gasteiger partial charge is 0.444 e. The van der Waals surface area contributed by atoms with Crippen molar-refractivity contribution in [3.8, 4) is 0 Å². The molecule has 2 amide bonds. The highest BCUT2D eigenvalue weighted by Gasteiger charge is 2.28. The maximum Gasteiger partial charge on any atom is 0.408 e. The Balaban J connectivity index is 2.11. The fourth-order valence-corrected chi connectivity index (χ4v) is 3.20. The Hall–Kier alpha value is -2.89. The second-order valence-electron chi connectivity index (χ2n) is 8.76. The first kappa shape index (κ1) is 23.4. The number of anilines is 1. The van der Waals surface area contributed by atoms with Crippen LogP contribution in [0.25, 0.3) is 0 Å². The number of benzene rings is 1. The lowest BCUT2D eigenvalue weighted by atomic mass is 9.82. The molecule has 1 aliphatic carbocycles. The molecule has 2 atom stereocenters. The Kier molecular flexibility index (Phi) is 7.59. The minimum Gasteiger partial charge on any atom is -0.444 e. The second-order valence-corrected chi connectivity index (χ2v) is 8.76. The Morgan fingerprint density at radius 1 is 1.17 bits per heavy atom. The van der Waals surface area contributed by atoms with Gasteiger partial charge in [0.25, 0.3) is 5.91 Å². The molecule has 0 saturated carbocycles. The van der Waals surface area contributed by atoms with Gasteiger partial charge in [-0.25, -0.2) is 4.79 Å². The van der Waals surface area contributed by atoms with Crippen LogP contribution < -0.4 is 10.6 Å². The van der Waals surface area contributed by atoms with Gasteiger partial charge in [-0.2, -0.15) is 0 Å². The number of Topliss-reactive ketones (excluding diaryl/α,β-unsaturated/α-hetero) is 1. The number of amides is 2. The van der Waals surface area contributed by atoms with E-state index in [1.165, 1.54) is 0 Å². The molecule has 30 heavy (non-hydrogen) atoms. The smallest absolute Gasteiger partial charge is 0.408 e. The molecule has 0 spiro atoms. The van der Waals surface area contributed by atoms with E-state index in [0.717, 1.165) is 12.0 Å². The van der Waals surface area contributed by atoms with E-state index in [9.17, 15) is 14.4 Å². The molecule has 2 N–H and O–H groups in total. The average Bonchev–Trinajstić information content (AvgIpc) is 2.63. The number of nitrogens with one attached hydrogen (secondary N) is 2. The Bertz CT molecular complexity index is 863. The van der Waals surface area contributed by atoms with Gasteiger partial charge in [-0.3, -0.25) is 9.59 Å². The van der Waals surface area contributed by atoms with Gasteiger partial charge in [0.2, 0.25) is 0 Å². The van der Waals surface area contributed by atoms with Gasteiger partial charge in [0.05, 0.1) is 6.04 Å². The van der Waals surface area contributed by atoms with Gasteiger partial charge < -0.3 is 15.4 Å². The first-order chi connectivity index (χ1) is 14.0. The summed E-state index contributed by atoms with van der Waals surface area (Å²) >= 11 is 0. The van der Waals surface area contributed by atoms with Crippen molar-refractivity contribution in [3.63, 3.8) is 0 Å². The highest BCUT2D eigenvalue weighted by Crippen LogP contribution is 2.32. The van der Waals surface area contributed by atoms with E-state index in [1.54, 1.807) is 27.7 Å². The number of ether oxygens (including phenoxy) is 1. The number of hydrogen-bond acceptors (Lipinski definition) is 4. The van der Waals surface area contributed by atoms with Crippen molar-refractivity contribution in [2.45, 2.75) is 66.0 Å². The lowest BCUT2D eigenvalue weighted by Gasteiger charge is -2.25. The lowest BCUT2D eigenvalue weighted by molar-refractivity contribution is -0.120. The van der Waals surface area contributed by atoms with Crippen molar-refractivity contribution in [3.05, 3.63) is 53.1 Å². The van der Waals surface area contributed by atoms with Crippen LogP contribution in [0.5, 0.6) is 0 Å². The zero-order chi connectivity index (χ0) is 22.5. The molecule has 0 radical (unpaired) electrons. The van der Waals surface area contributed by atoms with Crippen LogP contribution in [0.1, 0.15) is 54.4 Å². The molecule has 2 unspecified atom stereocenters. The van der Waals surface area contributed by atoms with E-state index in [-0.39, 0.29) is 24.0 Å². The summed E-state index contributed by atoms with van der Waals surface area (Å²) in [6.07, 6.45) is 2.15. The molecule has 1 aromatic rings. The van der Waals surface area contributed by atoms with Gasteiger partial charge in [0.15, 0.2) is 5.78 Å². The molecule has 0 fully saturated rings. The molecular weight excluding hydrogens is 380 g/mol. The van der Waals surface area contributed by atoms with E-state index in [2.05, 4.69) is 17.6 Å². The van der Waals surface area contributed by atoms with E-state index in [1.807, 2.05) is 43.3 Å². The molecule has 1 aromatic carbocycles. The standard InChI is InChI=1S/C24H32N2O4/c1-15-12-13-18(14-20(27)17(3)25-23(29)30-24(4,5)6)21(16(15)2)22(28)26-19-10-8-7-9-11-19/h7-11,13,15,17H,12,14H2,1-6H3,(H,25,29)(H,26,28). The predicted molar refractivity (Wildman–Crippen MR) is 118 cm³/mol. The number of rotatable bonds is 6. The van der Waals surface area contributed by atoms with Crippen molar-refractivity contribution in [2.75, 3.05) is 5.32 Å². The maximum absolute atomic E-state index is 13.0. The zero-order valence-corrected chi connectivity index (χ0v) is 18.7. The van der Waals surface area contributed by atoms with Gasteiger partial charge in [-0.15, -0.1) is 0 Å². The topological polar surface area (TPSA) is 84.5 Å². The first-order valence-corrected chi connectivity index (χ1v) is 10.3. The number of carbonyl (C=O) groups is 3. The number of carbonyl (C=O) groups excluding carboxylic acids is 3. The third kappa shape index (κ3) is 6.58. The SMILES string of the molecule is CC1=C(C(=O)Nc2ccccc2)C(CC(=O)C(C)NC(=O)OC(C)(C)C)=CCC1C. The number of allylic oxidation sites excluding steroid dienone is 2. The average molecular weight is 413 g/mol. The van der Waals surface area contributed by atoms with Gasteiger partial charge in [0.1, 0.15) is 5.60 Å². The summed E-state index contributed by atoms with van der Waals surface area (Å²) in [7, 11) is 0. The molecule has 2 rings (SSSR count). The first-order valence-electron chi connectivity index (χ1n) is 10.3. The Labute approximate surface area is 178 Å². The van der Waals surface area contributed by atoms with Crippen LogP contribution in [0.15, 0.2) is 53.1 Å². The summed E-state index contributed by atoms with van der Waals surface area (Å²) in [5, 5.41) is 5.49. The maximum atomic E-state index is 13.0. The van der Waals surface area contributed by atoms with Crippen molar-refractivity contribution in [2.24, 2.45) is 5.92 Å². The second kappa shape index (κ2) is 9.74. The van der Waals surface area contributed by atoms with Gasteiger partial charge >= 0.3 is 6.09 Å². The van der Waals surface area contributed by atoms with Crippen LogP contribution in [0, 0.1) is 5.92 Å². The summed E-state index contributed by atoms with van der Waals surface area (Å²) in [6, 6.07) is 8.50. The van der Waals surface area contributed by atoms with Crippen molar-refractivity contribution >= 4 is 23.5 Å². The van der Waals surface area contributed by atoms with Crippen molar-refractivity contribution < 1.29 is 19.1 Å². The highest BCUT2D eigenvalue weighted by atomic mass is 16.6. The molecular formula is C24H32N2O4. The normalized spacial score (nSPS) is 17.7. The third-order valence-corrected chi connectivity index (χ3v) is 5.01. The number of para-hydroxylation sites is 1. The molecule has 162 valence electrons. The van der Waals surface area contributed by atoms with Crippen LogP contribution in [-0.4, -0.2) is 29.4 Å². The quantitative estimate of drug-likeness (QED) is 0.704. The minimum atomic E-state index is -0.723. The van der Waals surface area contributed by atoms with Gasteiger partial charge in [0, 0.05) is 17.7 Å². The van der Waals surface area contributed by atoms with Crippen LogP contribution in [0.4, 0.5) is 10.5 Å². The highest BCUT2D eigenvalue weighted by molar-refractivity contribution is 6.08. The fraction of sp³-hybridized carbons (Fsp3) is 0.458. The van der Waals surface area contributed by atoms with Gasteiger partial charge in [-0.05, 0) is 64.7 Å². The fourth-order valence-electron chi connectivity index (χ4n) is 3.20. The molecule has 1 aliphatic rings. The molecule has 0 saturated heterocycles. The summed E-state index contributed by atoms with van der Waals surface area (Å²) in [6.45, 7) is 10.9. The van der Waals surface area contributed by atoms with E-state index >= 15 is 0 Å². The van der Waals surface area contributed by atoms with E-state index < -0.39 is 17.7 Å². The number of ketones is 1. The molecule has 6 heteroatoms. The molecule has 6 nitrogen and oxygen atoms in total. The van der Waals surface area contributed by atoms with Crippen LogP contribution >= 0.6 is 0 Å². The van der Waals surface area contributed by atoms with Crippen LogP contribution in [0.3, 0.4) is 0 Å². The van der Waals surface area contributed by atoms with Crippen LogP contribution in [-0.2, 0) is 14.3 Å². The lowest BCUT2D eigenvalue weighted by Crippen LogP contribution is -2.42. The third-order valence-electron chi connectivity index (χ3n) is 5.01. The van der Waals surface area contributed by atoms with E-state index in [4.69, 9.17) is 4.74 Å². The van der Waals surface area contributed by atoms with Crippen molar-refractivity contribution in [1.29, 1.82) is 0 Å². The molecule has 0 heterocycles. The Morgan fingerprint density at radius 2 is 1.80 bits per heavy atom. The number of alkyl carbamates (subject to hydrolysis) is 1. The minimum absolute atomic E-state index is 0.0680. The molecule has 0 aliphatic heterocycles. The predicted octanol–water partition coefficient (Wildman–Crippen LogP) is 4.78. The van der Waals surface area contributed by atoms with Gasteiger partial charge in [-0.1, -0.05) is 36.8 Å². The molecule has 0 aromatic heterocycles. The van der Waals surface area contributed by atoms with E-state index in [0.29, 0.717) is 16.8 Å². The summed E-state index contributed by atoms with van der Waals surface area (Å²) < 4.78 is 5.22. The summed E-state index contributed by atoms with van der Waals surface area (Å²) in [4.78, 5) is 37.7. The zero-order valence-electron chi connectivity index (χ0n) is 18.7. The summed E-state index contributed by atoms with van der Waals surface area (Å²) in [5.74, 6) is -0.186. The monoisotopic (exact) mass is 412 g/mol. The molecule has 0 bridgehead atoms. The van der Waals surface area contributed by atoms with Crippen molar-refractivity contribution in [1.82, 2.24) is 5.32 Å². The Morgan fingerprint density at radius 3 is 2.40 bits per heavy atom.